The summed E-state index contributed by atoms with van der Waals surface area (Å²) in [6, 6.07) is 16.8. The first-order valence-electron chi connectivity index (χ1n) is 7.96. The van der Waals surface area contributed by atoms with Gasteiger partial charge in [0.1, 0.15) is 18.1 Å². The molecule has 2 aromatic carbocycles. The van der Waals surface area contributed by atoms with Crippen LogP contribution in [0.4, 0.5) is 0 Å². The van der Waals surface area contributed by atoms with Gasteiger partial charge in [0.05, 0.1) is 6.61 Å². The largest absolute Gasteiger partial charge is 0.489 e. The molecule has 1 aliphatic rings. The number of hydrogen-bond donors (Lipinski definition) is 0. The van der Waals surface area contributed by atoms with Gasteiger partial charge in [0, 0.05) is 6.42 Å². The van der Waals surface area contributed by atoms with Crippen LogP contribution in [0.2, 0.25) is 0 Å². The van der Waals surface area contributed by atoms with Crippen LogP contribution in [0.1, 0.15) is 12.0 Å². The predicted molar refractivity (Wildman–Crippen MR) is 88.2 cm³/mol. The molecule has 1 atom stereocenters. The summed E-state index contributed by atoms with van der Waals surface area (Å²) < 4.78 is 20.7. The van der Waals surface area contributed by atoms with Gasteiger partial charge in [-0.05, 0) is 29.8 Å². The molecule has 6 nitrogen and oxygen atoms in total. The highest BCUT2D eigenvalue weighted by Gasteiger charge is 2.30. The molecule has 0 amide bonds. The Balaban J connectivity index is 1.42. The highest BCUT2D eigenvalue weighted by atomic mass is 16.6. The molecular formula is C19H18O6. The molecule has 0 aliphatic carbocycles. The van der Waals surface area contributed by atoms with Gasteiger partial charge in [-0.15, -0.1) is 0 Å². The molecule has 2 aromatic rings. The Morgan fingerprint density at radius 1 is 1.00 bits per heavy atom. The third-order valence-electron chi connectivity index (χ3n) is 3.59. The van der Waals surface area contributed by atoms with Crippen LogP contribution in [-0.4, -0.2) is 31.3 Å². The van der Waals surface area contributed by atoms with Gasteiger partial charge in [0.25, 0.3) is 0 Å². The molecule has 130 valence electrons. The third-order valence-corrected chi connectivity index (χ3v) is 3.59. The Morgan fingerprint density at radius 2 is 1.68 bits per heavy atom. The molecule has 1 heterocycles. The Labute approximate surface area is 145 Å². The van der Waals surface area contributed by atoms with E-state index < -0.39 is 18.0 Å². The highest BCUT2D eigenvalue weighted by molar-refractivity contribution is 5.81. The van der Waals surface area contributed by atoms with E-state index in [1.807, 2.05) is 30.3 Å². The molecule has 0 aromatic heterocycles. The number of ether oxygens (including phenoxy) is 4. The molecule has 1 fully saturated rings. The fourth-order valence-electron chi connectivity index (χ4n) is 2.29. The van der Waals surface area contributed by atoms with Crippen LogP contribution in [0, 0.1) is 0 Å². The van der Waals surface area contributed by atoms with Gasteiger partial charge in [-0.2, -0.15) is 0 Å². The summed E-state index contributed by atoms with van der Waals surface area (Å²) in [6.45, 7) is 0.487. The fourth-order valence-corrected chi connectivity index (χ4v) is 2.29. The van der Waals surface area contributed by atoms with E-state index in [0.717, 1.165) is 5.56 Å². The third kappa shape index (κ3) is 4.97. The molecule has 0 radical (unpaired) electrons. The first-order chi connectivity index (χ1) is 12.2. The van der Waals surface area contributed by atoms with E-state index >= 15 is 0 Å². The lowest BCUT2D eigenvalue weighted by atomic mass is 10.2. The number of esters is 2. The second-order valence-corrected chi connectivity index (χ2v) is 5.47. The zero-order chi connectivity index (χ0) is 17.5. The molecule has 0 bridgehead atoms. The lowest BCUT2D eigenvalue weighted by Crippen LogP contribution is -2.26. The van der Waals surface area contributed by atoms with E-state index in [1.54, 1.807) is 24.3 Å². The SMILES string of the molecule is O=C(COc1ccc(OCc2ccccc2)cc1)OC1CCOC1=O. The zero-order valence-electron chi connectivity index (χ0n) is 13.6. The minimum Gasteiger partial charge on any atom is -0.489 e. The van der Waals surface area contributed by atoms with Crippen molar-refractivity contribution >= 4 is 11.9 Å². The molecule has 25 heavy (non-hydrogen) atoms. The summed E-state index contributed by atoms with van der Waals surface area (Å²) in [5.74, 6) is 0.104. The lowest BCUT2D eigenvalue weighted by molar-refractivity contribution is -0.161. The van der Waals surface area contributed by atoms with E-state index in [9.17, 15) is 9.59 Å². The van der Waals surface area contributed by atoms with Crippen LogP contribution >= 0.6 is 0 Å². The van der Waals surface area contributed by atoms with Crippen LogP contribution in [0.3, 0.4) is 0 Å². The van der Waals surface area contributed by atoms with Gasteiger partial charge < -0.3 is 18.9 Å². The first kappa shape index (κ1) is 16.8. The van der Waals surface area contributed by atoms with Crippen LogP contribution in [0.15, 0.2) is 54.6 Å². The molecule has 0 N–H and O–H groups in total. The second-order valence-electron chi connectivity index (χ2n) is 5.47. The topological polar surface area (TPSA) is 71.1 Å². The van der Waals surface area contributed by atoms with Crippen molar-refractivity contribution in [2.24, 2.45) is 0 Å². The summed E-state index contributed by atoms with van der Waals surface area (Å²) in [6.07, 6.45) is -0.428. The Kier molecular flexibility index (Phi) is 5.51. The molecule has 6 heteroatoms. The maximum Gasteiger partial charge on any atom is 0.347 e. The highest BCUT2D eigenvalue weighted by Crippen LogP contribution is 2.19. The normalized spacial score (nSPS) is 16.2. The average Bonchev–Trinajstić information content (AvgIpc) is 3.04. The number of cyclic esters (lactones) is 1. The average molecular weight is 342 g/mol. The first-order valence-corrected chi connectivity index (χ1v) is 7.96. The quantitative estimate of drug-likeness (QED) is 0.720. The molecule has 0 saturated carbocycles. The van der Waals surface area contributed by atoms with Crippen molar-refractivity contribution in [1.82, 2.24) is 0 Å². The predicted octanol–water partition coefficient (Wildman–Crippen LogP) is 2.50. The van der Waals surface area contributed by atoms with E-state index in [4.69, 9.17) is 18.9 Å². The molecule has 1 saturated heterocycles. The molecule has 1 aliphatic heterocycles. The molecule has 0 spiro atoms. The van der Waals surface area contributed by atoms with E-state index in [2.05, 4.69) is 0 Å². The van der Waals surface area contributed by atoms with Crippen molar-refractivity contribution in [3.63, 3.8) is 0 Å². The second kappa shape index (κ2) is 8.19. The fraction of sp³-hybridized carbons (Fsp3) is 0.263. The van der Waals surface area contributed by atoms with E-state index in [0.29, 0.717) is 24.5 Å². The van der Waals surface area contributed by atoms with Crippen molar-refractivity contribution < 1.29 is 28.5 Å². The van der Waals surface area contributed by atoms with Crippen molar-refractivity contribution in [3.8, 4) is 11.5 Å². The molecule has 3 rings (SSSR count). The van der Waals surface area contributed by atoms with Gasteiger partial charge in [-0.25, -0.2) is 9.59 Å². The smallest absolute Gasteiger partial charge is 0.347 e. The van der Waals surface area contributed by atoms with Gasteiger partial charge in [-0.3, -0.25) is 0 Å². The summed E-state index contributed by atoms with van der Waals surface area (Å²) in [7, 11) is 0. The number of carbonyl (C=O) groups is 2. The van der Waals surface area contributed by atoms with E-state index in [-0.39, 0.29) is 13.2 Å². The van der Waals surface area contributed by atoms with Crippen molar-refractivity contribution in [1.29, 1.82) is 0 Å². The summed E-state index contributed by atoms with van der Waals surface area (Å²) >= 11 is 0. The number of carbonyl (C=O) groups excluding carboxylic acids is 2. The van der Waals surface area contributed by atoms with E-state index in [1.165, 1.54) is 0 Å². The standard InChI is InChI=1S/C19H18O6/c20-18(25-17-10-11-22-19(17)21)13-24-16-8-6-15(7-9-16)23-12-14-4-2-1-3-5-14/h1-9,17H,10-13H2. The van der Waals surface area contributed by atoms with Gasteiger partial charge >= 0.3 is 11.9 Å². The minimum absolute atomic E-state index is 0.270. The Bertz CT molecular complexity index is 710. The Hall–Kier alpha value is -3.02. The van der Waals surface area contributed by atoms with Crippen molar-refractivity contribution in [3.05, 3.63) is 60.2 Å². The van der Waals surface area contributed by atoms with Gasteiger partial charge in [-0.1, -0.05) is 30.3 Å². The maximum atomic E-state index is 11.7. The van der Waals surface area contributed by atoms with Crippen LogP contribution in [0.25, 0.3) is 0 Å². The van der Waals surface area contributed by atoms with Crippen molar-refractivity contribution in [2.75, 3.05) is 13.2 Å². The maximum absolute atomic E-state index is 11.7. The minimum atomic E-state index is -0.815. The van der Waals surface area contributed by atoms with Crippen molar-refractivity contribution in [2.45, 2.75) is 19.1 Å². The summed E-state index contributed by atoms with van der Waals surface area (Å²) in [5, 5.41) is 0. The Morgan fingerprint density at radius 3 is 2.32 bits per heavy atom. The lowest BCUT2D eigenvalue weighted by Gasteiger charge is -2.10. The monoisotopic (exact) mass is 342 g/mol. The van der Waals surface area contributed by atoms with Crippen LogP contribution in [0.5, 0.6) is 11.5 Å². The molecule has 1 unspecified atom stereocenters. The summed E-state index contributed by atoms with van der Waals surface area (Å²) in [5.41, 5.74) is 1.08. The number of hydrogen-bond acceptors (Lipinski definition) is 6. The zero-order valence-corrected chi connectivity index (χ0v) is 13.6. The van der Waals surface area contributed by atoms with Gasteiger partial charge in [0.15, 0.2) is 6.61 Å². The van der Waals surface area contributed by atoms with Gasteiger partial charge in [0.2, 0.25) is 6.10 Å². The number of rotatable bonds is 7. The number of benzene rings is 2. The van der Waals surface area contributed by atoms with Crippen LogP contribution < -0.4 is 9.47 Å². The molecular weight excluding hydrogens is 324 g/mol. The summed E-state index contributed by atoms with van der Waals surface area (Å²) in [4.78, 5) is 22.9. The van der Waals surface area contributed by atoms with Crippen LogP contribution in [-0.2, 0) is 25.7 Å².